The third-order valence-corrected chi connectivity index (χ3v) is 5.62. The molecule has 0 radical (unpaired) electrons. The van der Waals surface area contributed by atoms with Gasteiger partial charge in [-0.1, -0.05) is 22.0 Å². The minimum Gasteiger partial charge on any atom is -0.335 e. The molecule has 1 N–H and O–H groups in total. The van der Waals surface area contributed by atoms with E-state index < -0.39 is 0 Å². The molecule has 2 fully saturated rings. The van der Waals surface area contributed by atoms with Gasteiger partial charge in [-0.05, 0) is 55.5 Å². The maximum absolute atomic E-state index is 12.7. The summed E-state index contributed by atoms with van der Waals surface area (Å²) in [6.45, 7) is 1.95. The van der Waals surface area contributed by atoms with Gasteiger partial charge in [0.1, 0.15) is 0 Å². The molecule has 3 atom stereocenters. The number of carbonyl (C=O) groups excluding carboxylic acids is 1. The summed E-state index contributed by atoms with van der Waals surface area (Å²) in [5, 5.41) is 3.57. The number of amides is 1. The molecule has 1 aromatic carbocycles. The van der Waals surface area contributed by atoms with Crippen LogP contribution in [0.3, 0.4) is 0 Å². The largest absolute Gasteiger partial charge is 0.335 e. The molecule has 20 heavy (non-hydrogen) atoms. The number of hydrogen-bond acceptors (Lipinski definition) is 2. The molecular weight excluding hydrogens is 316 g/mol. The summed E-state index contributed by atoms with van der Waals surface area (Å²) in [4.78, 5) is 14.9. The topological polar surface area (TPSA) is 32.3 Å². The quantitative estimate of drug-likeness (QED) is 0.791. The van der Waals surface area contributed by atoms with E-state index in [1.54, 1.807) is 0 Å². The molecule has 0 aromatic heterocycles. The van der Waals surface area contributed by atoms with E-state index in [-0.39, 0.29) is 12.0 Å². The first kappa shape index (κ1) is 12.8. The van der Waals surface area contributed by atoms with E-state index in [0.717, 1.165) is 43.2 Å². The summed E-state index contributed by atoms with van der Waals surface area (Å²) < 4.78 is 1.14. The van der Waals surface area contributed by atoms with Crippen LogP contribution in [0.1, 0.15) is 36.4 Å². The van der Waals surface area contributed by atoms with Crippen molar-refractivity contribution in [3.05, 3.63) is 33.8 Å². The normalized spacial score (nSPS) is 32.4. The van der Waals surface area contributed by atoms with Crippen molar-refractivity contribution in [3.63, 3.8) is 0 Å². The number of halogens is 1. The molecule has 1 amide bonds. The van der Waals surface area contributed by atoms with E-state index >= 15 is 0 Å². The molecule has 0 bridgehead atoms. The Bertz CT molecular complexity index is 559. The zero-order chi connectivity index (χ0) is 13.7. The van der Waals surface area contributed by atoms with Crippen LogP contribution in [0.15, 0.2) is 22.7 Å². The predicted octanol–water partition coefficient (Wildman–Crippen LogP) is 2.65. The highest BCUT2D eigenvalue weighted by Gasteiger charge is 2.44. The number of rotatable bonds is 0. The molecule has 0 aliphatic carbocycles. The molecule has 4 heteroatoms. The van der Waals surface area contributed by atoms with Crippen LogP contribution in [0, 0.1) is 5.92 Å². The van der Waals surface area contributed by atoms with Crippen molar-refractivity contribution >= 4 is 21.8 Å². The monoisotopic (exact) mass is 334 g/mol. The molecule has 106 valence electrons. The average Bonchev–Trinajstić information content (AvgIpc) is 2.47. The maximum atomic E-state index is 12.7. The van der Waals surface area contributed by atoms with Crippen molar-refractivity contribution < 1.29 is 4.79 Å². The molecule has 4 rings (SSSR count). The Morgan fingerprint density at radius 1 is 1.35 bits per heavy atom. The van der Waals surface area contributed by atoms with Crippen molar-refractivity contribution in [1.82, 2.24) is 10.2 Å². The van der Waals surface area contributed by atoms with Gasteiger partial charge >= 0.3 is 0 Å². The summed E-state index contributed by atoms with van der Waals surface area (Å²) in [5.41, 5.74) is 2.77. The number of benzene rings is 1. The molecule has 1 aromatic rings. The number of hydrogen-bond donors (Lipinski definition) is 1. The van der Waals surface area contributed by atoms with Crippen molar-refractivity contribution in [3.8, 4) is 0 Å². The van der Waals surface area contributed by atoms with E-state index in [0.29, 0.717) is 11.9 Å². The Labute approximate surface area is 127 Å². The minimum absolute atomic E-state index is 0.219. The number of piperidine rings is 2. The molecular formula is C16H19BrN2O. The van der Waals surface area contributed by atoms with Crippen molar-refractivity contribution in [1.29, 1.82) is 0 Å². The van der Waals surface area contributed by atoms with Crippen molar-refractivity contribution in [2.24, 2.45) is 5.92 Å². The molecule has 3 aliphatic rings. The first-order valence-corrected chi connectivity index (χ1v) is 8.35. The van der Waals surface area contributed by atoms with Crippen LogP contribution >= 0.6 is 15.9 Å². The number of carbonyl (C=O) groups is 1. The van der Waals surface area contributed by atoms with Crippen LogP contribution in [-0.4, -0.2) is 29.9 Å². The number of nitrogens with zero attached hydrogens (tertiary/aromatic N) is 1. The number of nitrogens with one attached hydrogen (secondary N) is 1. The molecule has 3 heterocycles. The third kappa shape index (κ3) is 1.92. The van der Waals surface area contributed by atoms with E-state index in [2.05, 4.69) is 44.3 Å². The van der Waals surface area contributed by atoms with Gasteiger partial charge in [0.05, 0.1) is 12.0 Å². The first-order chi connectivity index (χ1) is 9.74. The van der Waals surface area contributed by atoms with E-state index in [9.17, 15) is 4.79 Å². The average molecular weight is 335 g/mol. The lowest BCUT2D eigenvalue weighted by atomic mass is 9.77. The van der Waals surface area contributed by atoms with E-state index in [1.807, 2.05) is 0 Å². The summed E-state index contributed by atoms with van der Waals surface area (Å²) in [6.07, 6.45) is 4.26. The van der Waals surface area contributed by atoms with Gasteiger partial charge in [-0.15, -0.1) is 0 Å². The highest BCUT2D eigenvalue weighted by atomic mass is 79.9. The lowest BCUT2D eigenvalue weighted by molar-refractivity contribution is -0.145. The van der Waals surface area contributed by atoms with Gasteiger partial charge in [-0.2, -0.15) is 0 Å². The maximum Gasteiger partial charge on any atom is 0.227 e. The van der Waals surface area contributed by atoms with E-state index in [1.165, 1.54) is 11.1 Å². The Hall–Kier alpha value is -0.870. The summed E-state index contributed by atoms with van der Waals surface area (Å²) in [5.74, 6) is 0.601. The van der Waals surface area contributed by atoms with Gasteiger partial charge in [0, 0.05) is 17.1 Å². The van der Waals surface area contributed by atoms with Gasteiger partial charge in [-0.25, -0.2) is 0 Å². The first-order valence-electron chi connectivity index (χ1n) is 7.56. The van der Waals surface area contributed by atoms with E-state index in [4.69, 9.17) is 0 Å². The van der Waals surface area contributed by atoms with Crippen molar-refractivity contribution in [2.45, 2.75) is 37.8 Å². The highest BCUT2D eigenvalue weighted by molar-refractivity contribution is 9.10. The Kier molecular flexibility index (Phi) is 3.11. The second-order valence-electron chi connectivity index (χ2n) is 6.19. The zero-order valence-corrected chi connectivity index (χ0v) is 13.0. The lowest BCUT2D eigenvalue weighted by Gasteiger charge is -2.48. The Morgan fingerprint density at radius 3 is 3.15 bits per heavy atom. The van der Waals surface area contributed by atoms with Crippen LogP contribution in [0.5, 0.6) is 0 Å². The Balaban J connectivity index is 1.71. The van der Waals surface area contributed by atoms with Crippen molar-refractivity contribution in [2.75, 3.05) is 13.1 Å². The molecule has 0 saturated carbocycles. The summed E-state index contributed by atoms with van der Waals surface area (Å²) >= 11 is 3.55. The van der Waals surface area contributed by atoms with Crippen LogP contribution in [0.4, 0.5) is 0 Å². The Morgan fingerprint density at radius 2 is 2.25 bits per heavy atom. The van der Waals surface area contributed by atoms with Crippen LogP contribution < -0.4 is 5.32 Å². The second kappa shape index (κ2) is 4.85. The highest BCUT2D eigenvalue weighted by Crippen LogP contribution is 2.41. The fourth-order valence-electron chi connectivity index (χ4n) is 4.15. The van der Waals surface area contributed by atoms with Crippen LogP contribution in [0.25, 0.3) is 0 Å². The standard InChI is InChI=1S/C16H19BrN2O/c17-11-3-4-12-10(8-11)5-7-19-15(12)9-14-13(16(19)20)2-1-6-18-14/h3-4,8,13-15,18H,1-2,5-7,9H2/t13-,14-,15-/m0/s1. The SMILES string of the molecule is O=C1[C@H]2CCCN[C@H]2C[C@H]2c3ccc(Br)cc3CCN12. The van der Waals surface area contributed by atoms with Gasteiger partial charge in [0.25, 0.3) is 0 Å². The van der Waals surface area contributed by atoms with Gasteiger partial charge < -0.3 is 10.2 Å². The van der Waals surface area contributed by atoms with Gasteiger partial charge in [0.15, 0.2) is 0 Å². The molecule has 2 saturated heterocycles. The van der Waals surface area contributed by atoms with Gasteiger partial charge in [-0.3, -0.25) is 4.79 Å². The second-order valence-corrected chi connectivity index (χ2v) is 7.10. The predicted molar refractivity (Wildman–Crippen MR) is 81.4 cm³/mol. The van der Waals surface area contributed by atoms with Gasteiger partial charge in [0.2, 0.25) is 5.91 Å². The summed E-state index contributed by atoms with van der Waals surface area (Å²) in [6, 6.07) is 7.19. The fourth-order valence-corrected chi connectivity index (χ4v) is 4.56. The minimum atomic E-state index is 0.219. The summed E-state index contributed by atoms with van der Waals surface area (Å²) in [7, 11) is 0. The smallest absolute Gasteiger partial charge is 0.227 e. The van der Waals surface area contributed by atoms with Crippen LogP contribution in [-0.2, 0) is 11.2 Å². The molecule has 0 unspecified atom stereocenters. The zero-order valence-electron chi connectivity index (χ0n) is 11.4. The molecule has 0 spiro atoms. The molecule has 3 aliphatic heterocycles. The molecule has 3 nitrogen and oxygen atoms in total. The lowest BCUT2D eigenvalue weighted by Crippen LogP contribution is -2.57. The third-order valence-electron chi connectivity index (χ3n) is 5.12. The fraction of sp³-hybridized carbons (Fsp3) is 0.562. The number of fused-ring (bicyclic) bond motifs is 4. The van der Waals surface area contributed by atoms with Crippen LogP contribution in [0.2, 0.25) is 0 Å².